The van der Waals surface area contributed by atoms with Crippen LogP contribution in [0.3, 0.4) is 0 Å². The lowest BCUT2D eigenvalue weighted by molar-refractivity contribution is 0.00541. The summed E-state index contributed by atoms with van der Waals surface area (Å²) in [6, 6.07) is 7.37. The smallest absolute Gasteiger partial charge is 0.260 e. The first-order chi connectivity index (χ1) is 12.2. The lowest BCUT2D eigenvalue weighted by atomic mass is 9.98. The normalized spacial score (nSPS) is 20.7. The van der Waals surface area contributed by atoms with Gasteiger partial charge in [0.1, 0.15) is 6.10 Å². The van der Waals surface area contributed by atoms with Crippen LogP contribution in [-0.4, -0.2) is 32.4 Å². The van der Waals surface area contributed by atoms with Crippen LogP contribution in [0.5, 0.6) is 0 Å². The molecule has 1 aliphatic heterocycles. The number of hydrogen-bond donors (Lipinski definition) is 2. The van der Waals surface area contributed by atoms with E-state index in [1.54, 1.807) is 6.07 Å². The van der Waals surface area contributed by atoms with Crippen molar-refractivity contribution in [3.05, 3.63) is 52.6 Å². The van der Waals surface area contributed by atoms with Crippen LogP contribution in [0.15, 0.2) is 41.5 Å². The van der Waals surface area contributed by atoms with Gasteiger partial charge in [-0.25, -0.2) is 4.98 Å². The van der Waals surface area contributed by atoms with Crippen LogP contribution in [0, 0.1) is 0 Å². The molecule has 1 aromatic carbocycles. The van der Waals surface area contributed by atoms with E-state index in [1.165, 1.54) is 0 Å². The third-order valence-electron chi connectivity index (χ3n) is 4.56. The van der Waals surface area contributed by atoms with Gasteiger partial charge in [-0.15, -0.1) is 0 Å². The van der Waals surface area contributed by atoms with E-state index in [2.05, 4.69) is 27.3 Å². The molecular weight excluding hydrogens is 318 g/mol. The maximum absolute atomic E-state index is 12.3. The summed E-state index contributed by atoms with van der Waals surface area (Å²) in [5.41, 5.74) is 1.59. The van der Waals surface area contributed by atoms with Crippen LogP contribution in [0.4, 0.5) is 5.95 Å². The molecule has 3 aromatic rings. The van der Waals surface area contributed by atoms with Crippen molar-refractivity contribution < 1.29 is 4.74 Å². The molecule has 4 rings (SSSR count). The Bertz CT molecular complexity index is 932. The minimum absolute atomic E-state index is 0.0348. The highest BCUT2D eigenvalue weighted by Gasteiger charge is 2.29. The van der Waals surface area contributed by atoms with Gasteiger partial charge in [0.25, 0.3) is 5.56 Å². The summed E-state index contributed by atoms with van der Waals surface area (Å²) in [5, 5.41) is 8.29. The van der Waals surface area contributed by atoms with Gasteiger partial charge < -0.3 is 10.1 Å². The van der Waals surface area contributed by atoms with Gasteiger partial charge in [-0.1, -0.05) is 12.1 Å². The second-order valence-corrected chi connectivity index (χ2v) is 6.25. The summed E-state index contributed by atoms with van der Waals surface area (Å²) in [5.74, 6) is 0.479. The molecule has 0 radical (unpaired) electrons. The number of rotatable bonds is 4. The minimum Gasteiger partial charge on any atom is -0.371 e. The van der Waals surface area contributed by atoms with Crippen LogP contribution in [0.1, 0.15) is 31.4 Å². The molecule has 1 fully saturated rings. The molecule has 25 heavy (non-hydrogen) atoms. The molecule has 2 aromatic heterocycles. The molecule has 7 nitrogen and oxygen atoms in total. The molecule has 1 saturated heterocycles. The van der Waals surface area contributed by atoms with E-state index in [0.717, 1.165) is 31.6 Å². The maximum Gasteiger partial charge on any atom is 0.260 e. The third-order valence-corrected chi connectivity index (χ3v) is 4.56. The quantitative estimate of drug-likeness (QED) is 0.763. The number of aromatic amines is 1. The van der Waals surface area contributed by atoms with Gasteiger partial charge in [-0.3, -0.25) is 14.5 Å². The molecule has 2 atom stereocenters. The Balaban J connectivity index is 1.62. The van der Waals surface area contributed by atoms with Crippen molar-refractivity contribution in [2.45, 2.75) is 38.5 Å². The number of nitrogens with one attached hydrogen (secondary N) is 2. The van der Waals surface area contributed by atoms with Crippen molar-refractivity contribution in [3.8, 4) is 0 Å². The number of nitrogens with zero attached hydrogens (tertiary/aromatic N) is 3. The molecule has 1 aliphatic rings. The monoisotopic (exact) mass is 339 g/mol. The fraction of sp³-hybridized carbons (Fsp3) is 0.389. The van der Waals surface area contributed by atoms with Gasteiger partial charge in [0.05, 0.1) is 23.1 Å². The van der Waals surface area contributed by atoms with Crippen molar-refractivity contribution in [2.24, 2.45) is 0 Å². The van der Waals surface area contributed by atoms with E-state index < -0.39 is 0 Å². The standard InChI is InChI=1S/C18H21N5O2/c1-2-23-11-12(10-19-23)16-15(8-5-9-25-16)21-18-20-14-7-4-3-6-13(14)17(24)22-18/h3-4,6-7,10-11,15-16H,2,5,8-9H2,1H3,(H2,20,21,22,24)/t15-,16+/m0/s1. The number of anilines is 1. The lowest BCUT2D eigenvalue weighted by Gasteiger charge is -2.32. The van der Waals surface area contributed by atoms with E-state index in [-0.39, 0.29) is 17.7 Å². The number of ether oxygens (including phenoxy) is 1. The molecule has 2 N–H and O–H groups in total. The molecule has 0 unspecified atom stereocenters. The lowest BCUT2D eigenvalue weighted by Crippen LogP contribution is -2.34. The molecule has 0 amide bonds. The zero-order chi connectivity index (χ0) is 17.2. The summed E-state index contributed by atoms with van der Waals surface area (Å²) < 4.78 is 7.88. The van der Waals surface area contributed by atoms with E-state index in [1.807, 2.05) is 35.3 Å². The molecule has 0 spiro atoms. The van der Waals surface area contributed by atoms with Crippen molar-refractivity contribution in [2.75, 3.05) is 11.9 Å². The van der Waals surface area contributed by atoms with E-state index >= 15 is 0 Å². The number of hydrogen-bond acceptors (Lipinski definition) is 5. The van der Waals surface area contributed by atoms with E-state index in [4.69, 9.17) is 4.74 Å². The van der Waals surface area contributed by atoms with Crippen LogP contribution in [-0.2, 0) is 11.3 Å². The molecular formula is C18H21N5O2. The fourth-order valence-electron chi connectivity index (χ4n) is 3.29. The molecule has 3 heterocycles. The highest BCUT2D eigenvalue weighted by Crippen LogP contribution is 2.30. The van der Waals surface area contributed by atoms with Crippen LogP contribution < -0.4 is 10.9 Å². The zero-order valence-corrected chi connectivity index (χ0v) is 14.1. The number of fused-ring (bicyclic) bond motifs is 1. The van der Waals surface area contributed by atoms with Crippen LogP contribution in [0.2, 0.25) is 0 Å². The number of aromatic nitrogens is 4. The van der Waals surface area contributed by atoms with Gasteiger partial charge in [0, 0.05) is 24.9 Å². The second kappa shape index (κ2) is 6.68. The number of benzene rings is 1. The molecule has 130 valence electrons. The van der Waals surface area contributed by atoms with Gasteiger partial charge >= 0.3 is 0 Å². The van der Waals surface area contributed by atoms with Gasteiger partial charge in [-0.2, -0.15) is 5.10 Å². The Kier molecular flexibility index (Phi) is 4.23. The average molecular weight is 339 g/mol. The largest absolute Gasteiger partial charge is 0.371 e. The summed E-state index contributed by atoms with van der Waals surface area (Å²) in [6.45, 7) is 3.60. The van der Waals surface area contributed by atoms with Crippen molar-refractivity contribution in [1.82, 2.24) is 19.7 Å². The molecule has 0 saturated carbocycles. The van der Waals surface area contributed by atoms with Gasteiger partial charge in [0.2, 0.25) is 5.95 Å². The van der Waals surface area contributed by atoms with Crippen LogP contribution in [0.25, 0.3) is 10.9 Å². The zero-order valence-electron chi connectivity index (χ0n) is 14.1. The highest BCUT2D eigenvalue weighted by atomic mass is 16.5. The number of H-pyrrole nitrogens is 1. The fourth-order valence-corrected chi connectivity index (χ4v) is 3.29. The Morgan fingerprint density at radius 2 is 2.28 bits per heavy atom. The summed E-state index contributed by atoms with van der Waals surface area (Å²) in [4.78, 5) is 19.6. The molecule has 0 bridgehead atoms. The number of aryl methyl sites for hydroxylation is 1. The van der Waals surface area contributed by atoms with Crippen molar-refractivity contribution >= 4 is 16.9 Å². The first kappa shape index (κ1) is 15.8. The minimum atomic E-state index is -0.139. The summed E-state index contributed by atoms with van der Waals surface area (Å²) in [6.07, 6.45) is 5.67. The van der Waals surface area contributed by atoms with Gasteiger partial charge in [0.15, 0.2) is 0 Å². The average Bonchev–Trinajstić information content (AvgIpc) is 3.11. The van der Waals surface area contributed by atoms with Crippen molar-refractivity contribution in [3.63, 3.8) is 0 Å². The Hall–Kier alpha value is -2.67. The molecule has 0 aliphatic carbocycles. The third kappa shape index (κ3) is 3.15. The predicted molar refractivity (Wildman–Crippen MR) is 95.6 cm³/mol. The number of para-hydroxylation sites is 1. The van der Waals surface area contributed by atoms with Crippen molar-refractivity contribution in [1.29, 1.82) is 0 Å². The highest BCUT2D eigenvalue weighted by molar-refractivity contribution is 5.78. The maximum atomic E-state index is 12.3. The Morgan fingerprint density at radius 3 is 3.12 bits per heavy atom. The first-order valence-electron chi connectivity index (χ1n) is 8.64. The second-order valence-electron chi connectivity index (χ2n) is 6.25. The Labute approximate surface area is 145 Å². The van der Waals surface area contributed by atoms with E-state index in [9.17, 15) is 4.79 Å². The van der Waals surface area contributed by atoms with E-state index in [0.29, 0.717) is 16.9 Å². The summed E-state index contributed by atoms with van der Waals surface area (Å²) in [7, 11) is 0. The first-order valence-corrected chi connectivity index (χ1v) is 8.64. The molecule has 7 heteroatoms. The predicted octanol–water partition coefficient (Wildman–Crippen LogP) is 2.47. The summed E-state index contributed by atoms with van der Waals surface area (Å²) >= 11 is 0. The SMILES string of the molecule is CCn1cc([C@H]2OCCC[C@@H]2Nc2nc3ccccc3c(=O)[nH]2)cn1. The van der Waals surface area contributed by atoms with Crippen LogP contribution >= 0.6 is 0 Å². The van der Waals surface area contributed by atoms with Gasteiger partial charge in [-0.05, 0) is 31.9 Å². The topological polar surface area (TPSA) is 84.8 Å². The Morgan fingerprint density at radius 1 is 1.40 bits per heavy atom.